The molecule has 1 aromatic carbocycles. The lowest BCUT2D eigenvalue weighted by atomic mass is 10.1. The molecule has 0 spiro atoms. The van der Waals surface area contributed by atoms with Crippen molar-refractivity contribution in [3.05, 3.63) is 50.1 Å². The molecule has 4 rings (SSSR count). The van der Waals surface area contributed by atoms with Crippen molar-refractivity contribution in [2.24, 2.45) is 0 Å². The van der Waals surface area contributed by atoms with Crippen molar-refractivity contribution in [1.29, 1.82) is 0 Å². The van der Waals surface area contributed by atoms with Gasteiger partial charge < -0.3 is 4.90 Å². The number of nitrogens with one attached hydrogen (secondary N) is 1. The fraction of sp³-hybridized carbons (Fsp3) is 0.400. The zero-order valence-electron chi connectivity index (χ0n) is 15.9. The second-order valence-corrected chi connectivity index (χ2v) is 7.67. The van der Waals surface area contributed by atoms with E-state index in [1.54, 1.807) is 0 Å². The Kier molecular flexibility index (Phi) is 4.55. The van der Waals surface area contributed by atoms with Crippen LogP contribution in [-0.2, 0) is 0 Å². The van der Waals surface area contributed by atoms with Crippen LogP contribution in [0.2, 0.25) is 0 Å². The first-order valence-corrected chi connectivity index (χ1v) is 9.72. The van der Waals surface area contributed by atoms with Crippen LogP contribution in [-0.4, -0.2) is 32.6 Å². The number of benzene rings is 1. The Morgan fingerprint density at radius 1 is 1.00 bits per heavy atom. The van der Waals surface area contributed by atoms with Crippen molar-refractivity contribution in [1.82, 2.24) is 19.5 Å². The summed E-state index contributed by atoms with van der Waals surface area (Å²) >= 11 is 5.69. The fourth-order valence-electron chi connectivity index (χ4n) is 3.82. The number of H-pyrrole nitrogens is 1. The Hall–Kier alpha value is -2.54. The molecule has 0 unspecified atom stereocenters. The molecule has 1 aliphatic heterocycles. The predicted molar refractivity (Wildman–Crippen MR) is 111 cm³/mol. The van der Waals surface area contributed by atoms with E-state index in [4.69, 9.17) is 12.2 Å². The van der Waals surface area contributed by atoms with Gasteiger partial charge in [-0.15, -0.1) is 0 Å². The number of rotatable bonds is 2. The summed E-state index contributed by atoms with van der Waals surface area (Å²) in [5.41, 5.74) is 3.39. The Morgan fingerprint density at radius 3 is 2.33 bits per heavy atom. The van der Waals surface area contributed by atoms with E-state index in [-0.39, 0.29) is 5.56 Å². The first-order valence-electron chi connectivity index (χ1n) is 9.31. The average molecular weight is 382 g/mol. The van der Waals surface area contributed by atoms with Crippen LogP contribution in [0.25, 0.3) is 16.7 Å². The van der Waals surface area contributed by atoms with E-state index in [0.717, 1.165) is 48.6 Å². The average Bonchev–Trinajstić information content (AvgIpc) is 2.61. The van der Waals surface area contributed by atoms with E-state index < -0.39 is 0 Å². The van der Waals surface area contributed by atoms with Gasteiger partial charge in [0, 0.05) is 18.8 Å². The predicted octanol–water partition coefficient (Wildman–Crippen LogP) is 3.75. The quantitative estimate of drug-likeness (QED) is 0.685. The molecule has 2 aromatic heterocycles. The van der Waals surface area contributed by atoms with E-state index in [1.165, 1.54) is 6.42 Å². The third-order valence-corrected chi connectivity index (χ3v) is 5.40. The topological polar surface area (TPSA) is 66.8 Å². The summed E-state index contributed by atoms with van der Waals surface area (Å²) < 4.78 is 2.30. The SMILES string of the molecule is Cc1cc(C)cc(-n2c(C)nc3nc(N4CCCCC4)[nH]c(=O)c3c2=S)c1. The smallest absolute Gasteiger partial charge is 0.264 e. The van der Waals surface area contributed by atoms with Crippen LogP contribution in [0.3, 0.4) is 0 Å². The number of hydrogen-bond acceptors (Lipinski definition) is 5. The first kappa shape index (κ1) is 17.9. The molecule has 1 N–H and O–H groups in total. The normalized spacial score (nSPS) is 14.7. The van der Waals surface area contributed by atoms with Crippen molar-refractivity contribution in [3.8, 4) is 5.69 Å². The number of piperidine rings is 1. The molecule has 0 amide bonds. The van der Waals surface area contributed by atoms with Crippen LogP contribution in [0.15, 0.2) is 23.0 Å². The third kappa shape index (κ3) is 3.27. The summed E-state index contributed by atoms with van der Waals surface area (Å²) in [6.45, 7) is 7.80. The summed E-state index contributed by atoms with van der Waals surface area (Å²) in [7, 11) is 0. The van der Waals surface area contributed by atoms with Gasteiger partial charge in [-0.2, -0.15) is 4.98 Å². The summed E-state index contributed by atoms with van der Waals surface area (Å²) in [5.74, 6) is 1.32. The van der Waals surface area contributed by atoms with E-state index in [2.05, 4.69) is 25.9 Å². The van der Waals surface area contributed by atoms with Crippen molar-refractivity contribution < 1.29 is 0 Å². The third-order valence-electron chi connectivity index (χ3n) is 5.02. The van der Waals surface area contributed by atoms with Gasteiger partial charge >= 0.3 is 0 Å². The molecule has 6 nitrogen and oxygen atoms in total. The van der Waals surface area contributed by atoms with Gasteiger partial charge in [-0.05, 0) is 63.3 Å². The molecular formula is C20H23N5OS. The van der Waals surface area contributed by atoms with Crippen LogP contribution in [0, 0.1) is 25.4 Å². The van der Waals surface area contributed by atoms with Crippen molar-refractivity contribution in [2.45, 2.75) is 40.0 Å². The van der Waals surface area contributed by atoms with Gasteiger partial charge in [0.15, 0.2) is 5.65 Å². The van der Waals surface area contributed by atoms with E-state index in [1.807, 2.05) is 37.5 Å². The van der Waals surface area contributed by atoms with Crippen LogP contribution in [0.5, 0.6) is 0 Å². The molecule has 27 heavy (non-hydrogen) atoms. The second kappa shape index (κ2) is 6.88. The molecule has 1 saturated heterocycles. The second-order valence-electron chi connectivity index (χ2n) is 7.28. The van der Waals surface area contributed by atoms with Gasteiger partial charge in [0.1, 0.15) is 15.9 Å². The molecule has 3 heterocycles. The monoisotopic (exact) mass is 381 g/mol. The minimum atomic E-state index is -0.226. The number of aromatic nitrogens is 4. The zero-order chi connectivity index (χ0) is 19.1. The van der Waals surface area contributed by atoms with Gasteiger partial charge in [-0.25, -0.2) is 4.98 Å². The number of aryl methyl sites for hydroxylation is 3. The molecule has 0 radical (unpaired) electrons. The highest BCUT2D eigenvalue weighted by atomic mass is 32.1. The maximum atomic E-state index is 12.8. The molecule has 3 aromatic rings. The highest BCUT2D eigenvalue weighted by molar-refractivity contribution is 7.71. The molecule has 140 valence electrons. The number of anilines is 1. The lowest BCUT2D eigenvalue weighted by molar-refractivity contribution is 0.568. The van der Waals surface area contributed by atoms with Crippen LogP contribution >= 0.6 is 12.2 Å². The molecule has 0 saturated carbocycles. The zero-order valence-corrected chi connectivity index (χ0v) is 16.7. The molecule has 7 heteroatoms. The van der Waals surface area contributed by atoms with Crippen molar-refractivity contribution >= 4 is 29.2 Å². The summed E-state index contributed by atoms with van der Waals surface area (Å²) in [6, 6.07) is 6.20. The van der Waals surface area contributed by atoms with Gasteiger partial charge in [-0.3, -0.25) is 14.3 Å². The molecule has 0 atom stereocenters. The van der Waals surface area contributed by atoms with Crippen molar-refractivity contribution in [2.75, 3.05) is 18.0 Å². The number of fused-ring (bicyclic) bond motifs is 1. The molecule has 0 bridgehead atoms. The van der Waals surface area contributed by atoms with Gasteiger partial charge in [0.05, 0.1) is 0 Å². The van der Waals surface area contributed by atoms with E-state index in [0.29, 0.717) is 21.6 Å². The largest absolute Gasteiger partial charge is 0.342 e. The standard InChI is InChI=1S/C20H23N5OS/c1-12-9-13(2)11-15(10-12)25-14(3)21-17-16(19(25)27)18(26)23-20(22-17)24-7-5-4-6-8-24/h9-11H,4-8H2,1-3H3,(H,22,23,26). The summed E-state index contributed by atoms with van der Waals surface area (Å²) in [6.07, 6.45) is 3.45. The Balaban J connectivity index is 1.93. The first-order chi connectivity index (χ1) is 12.9. The Morgan fingerprint density at radius 2 is 1.67 bits per heavy atom. The lowest BCUT2D eigenvalue weighted by Gasteiger charge is -2.27. The minimum absolute atomic E-state index is 0.226. The maximum Gasteiger partial charge on any atom is 0.264 e. The minimum Gasteiger partial charge on any atom is -0.342 e. The summed E-state index contributed by atoms with van der Waals surface area (Å²) in [5, 5.41) is 0.371. The highest BCUT2D eigenvalue weighted by Crippen LogP contribution is 2.21. The Labute approximate surface area is 162 Å². The lowest BCUT2D eigenvalue weighted by Crippen LogP contribution is -2.32. The Bertz CT molecular complexity index is 1120. The van der Waals surface area contributed by atoms with Gasteiger partial charge in [0.2, 0.25) is 5.95 Å². The molecule has 0 aliphatic carbocycles. The molecular weight excluding hydrogens is 358 g/mol. The van der Waals surface area contributed by atoms with E-state index in [9.17, 15) is 4.79 Å². The molecule has 1 aliphatic rings. The summed E-state index contributed by atoms with van der Waals surface area (Å²) in [4.78, 5) is 27.1. The highest BCUT2D eigenvalue weighted by Gasteiger charge is 2.17. The number of aromatic amines is 1. The van der Waals surface area contributed by atoms with Crippen LogP contribution in [0.4, 0.5) is 5.95 Å². The van der Waals surface area contributed by atoms with Crippen LogP contribution in [0.1, 0.15) is 36.2 Å². The van der Waals surface area contributed by atoms with Gasteiger partial charge in [0.25, 0.3) is 5.56 Å². The molecule has 1 fully saturated rings. The van der Waals surface area contributed by atoms with Gasteiger partial charge in [-0.1, -0.05) is 18.3 Å². The number of hydrogen-bond donors (Lipinski definition) is 1. The number of nitrogens with zero attached hydrogens (tertiary/aromatic N) is 4. The van der Waals surface area contributed by atoms with Crippen LogP contribution < -0.4 is 10.5 Å². The van der Waals surface area contributed by atoms with Crippen molar-refractivity contribution in [3.63, 3.8) is 0 Å². The fourth-order valence-corrected chi connectivity index (χ4v) is 4.25. The maximum absolute atomic E-state index is 12.8. The van der Waals surface area contributed by atoms with E-state index >= 15 is 0 Å².